The van der Waals surface area contributed by atoms with Crippen LogP contribution in [0.1, 0.15) is 510 Å². The van der Waals surface area contributed by atoms with Crippen LogP contribution in [0.2, 0.25) is 0 Å². The first-order valence-electron chi connectivity index (χ1n) is 48.5. The van der Waals surface area contributed by atoms with E-state index in [0.717, 1.165) is 102 Å². The van der Waals surface area contributed by atoms with E-state index in [0.29, 0.717) is 25.7 Å². The van der Waals surface area contributed by atoms with Gasteiger partial charge in [0.1, 0.15) is 19.3 Å². The average molecular weight is 1650 g/mol. The van der Waals surface area contributed by atoms with Gasteiger partial charge in [0.05, 0.1) is 26.4 Å². The van der Waals surface area contributed by atoms with Crippen LogP contribution < -0.4 is 0 Å². The summed E-state index contributed by atoms with van der Waals surface area (Å²) in [6, 6.07) is 0. The monoisotopic (exact) mass is 1650 g/mol. The molecule has 0 saturated heterocycles. The van der Waals surface area contributed by atoms with Gasteiger partial charge < -0.3 is 33.8 Å². The molecule has 0 aromatic heterocycles. The van der Waals surface area contributed by atoms with Gasteiger partial charge in [-0.3, -0.25) is 37.3 Å². The molecule has 0 heterocycles. The summed E-state index contributed by atoms with van der Waals surface area (Å²) in [6.45, 7) is 9.77. The van der Waals surface area contributed by atoms with Gasteiger partial charge >= 0.3 is 39.5 Å². The van der Waals surface area contributed by atoms with Crippen molar-refractivity contribution in [3.8, 4) is 0 Å². The summed E-state index contributed by atoms with van der Waals surface area (Å²) >= 11 is 0. The molecule has 0 rings (SSSR count). The zero-order valence-electron chi connectivity index (χ0n) is 74.7. The molecule has 0 radical (unpaired) electrons. The van der Waals surface area contributed by atoms with Gasteiger partial charge in [-0.25, -0.2) is 9.13 Å². The highest BCUT2D eigenvalue weighted by Crippen LogP contribution is 2.45. The lowest BCUT2D eigenvalue weighted by atomic mass is 9.99. The van der Waals surface area contributed by atoms with E-state index in [-0.39, 0.29) is 25.7 Å². The summed E-state index contributed by atoms with van der Waals surface area (Å²) in [4.78, 5) is 73.5. The second kappa shape index (κ2) is 85.1. The number of hydrogen-bond acceptors (Lipinski definition) is 15. The smallest absolute Gasteiger partial charge is 0.462 e. The number of aliphatic hydroxyl groups is 1. The number of aliphatic hydroxyl groups excluding tert-OH is 1. The maximum Gasteiger partial charge on any atom is 0.472 e. The van der Waals surface area contributed by atoms with E-state index >= 15 is 0 Å². The SMILES string of the molecule is CCCCCCCCCCCCCCCCCCCCCCCC(=O)OC[C@H](COP(=O)(O)OC[C@@H](O)COP(=O)(O)OC[C@@H](COC(=O)CCCCCCCCCCCC(C)C)OC(=O)CCCCCCCCCCCCCCCCCCCC)OC(=O)CCCCCCCCCCCCCCCCCCCCC(C)CC. The molecule has 17 nitrogen and oxygen atoms in total. The molecular weight excluding hydrogens is 1460 g/mol. The number of hydrogen-bond donors (Lipinski definition) is 3. The van der Waals surface area contributed by atoms with Gasteiger partial charge in [-0.15, -0.1) is 0 Å². The normalized spacial score (nSPS) is 13.9. The molecular formula is C94H184O17P2. The molecule has 0 amide bonds. The zero-order valence-corrected chi connectivity index (χ0v) is 76.5. The van der Waals surface area contributed by atoms with E-state index in [1.807, 2.05) is 0 Å². The molecule has 6 atom stereocenters. The van der Waals surface area contributed by atoms with E-state index in [4.69, 9.17) is 37.0 Å². The fourth-order valence-corrected chi connectivity index (χ4v) is 16.4. The number of phosphoric acid groups is 2. The minimum absolute atomic E-state index is 0.109. The Labute approximate surface area is 696 Å². The summed E-state index contributed by atoms with van der Waals surface area (Å²) in [7, 11) is -9.94. The molecule has 0 aliphatic carbocycles. The van der Waals surface area contributed by atoms with Gasteiger partial charge in [-0.1, -0.05) is 459 Å². The van der Waals surface area contributed by atoms with Gasteiger partial charge in [-0.05, 0) is 37.5 Å². The highest BCUT2D eigenvalue weighted by Gasteiger charge is 2.31. The number of ether oxygens (including phenoxy) is 4. The first-order chi connectivity index (χ1) is 54.9. The molecule has 3 N–H and O–H groups in total. The van der Waals surface area contributed by atoms with Crippen LogP contribution in [0, 0.1) is 11.8 Å². The van der Waals surface area contributed by atoms with Crippen molar-refractivity contribution < 1.29 is 80.2 Å². The Balaban J connectivity index is 5.24. The second-order valence-corrected chi connectivity index (χ2v) is 37.4. The minimum Gasteiger partial charge on any atom is -0.462 e. The zero-order chi connectivity index (χ0) is 82.7. The Morgan fingerprint density at radius 3 is 0.673 bits per heavy atom. The van der Waals surface area contributed by atoms with Crippen LogP contribution in [-0.2, 0) is 65.4 Å². The van der Waals surface area contributed by atoms with Crippen molar-refractivity contribution in [2.75, 3.05) is 39.6 Å². The Morgan fingerprint density at radius 1 is 0.257 bits per heavy atom. The first kappa shape index (κ1) is 111. The molecule has 19 heteroatoms. The predicted octanol–water partition coefficient (Wildman–Crippen LogP) is 29.4. The Morgan fingerprint density at radius 2 is 0.451 bits per heavy atom. The van der Waals surface area contributed by atoms with Crippen molar-refractivity contribution in [2.24, 2.45) is 11.8 Å². The highest BCUT2D eigenvalue weighted by atomic mass is 31.2. The molecule has 0 aliphatic rings. The van der Waals surface area contributed by atoms with Crippen molar-refractivity contribution in [2.45, 2.75) is 529 Å². The molecule has 0 bridgehead atoms. The van der Waals surface area contributed by atoms with Crippen molar-refractivity contribution in [3.05, 3.63) is 0 Å². The molecule has 3 unspecified atom stereocenters. The predicted molar refractivity (Wildman–Crippen MR) is 469 cm³/mol. The van der Waals surface area contributed by atoms with Gasteiger partial charge in [0.25, 0.3) is 0 Å². The van der Waals surface area contributed by atoms with E-state index in [1.54, 1.807) is 0 Å². The molecule has 0 saturated carbocycles. The number of rotatable bonds is 93. The largest absolute Gasteiger partial charge is 0.472 e. The molecule has 0 aromatic rings. The molecule has 113 heavy (non-hydrogen) atoms. The highest BCUT2D eigenvalue weighted by molar-refractivity contribution is 7.47. The van der Waals surface area contributed by atoms with E-state index < -0.39 is 97.5 Å². The molecule has 672 valence electrons. The number of carbonyl (C=O) groups is 4. The van der Waals surface area contributed by atoms with Crippen LogP contribution >= 0.6 is 15.6 Å². The van der Waals surface area contributed by atoms with Crippen molar-refractivity contribution in [1.82, 2.24) is 0 Å². The van der Waals surface area contributed by atoms with Crippen LogP contribution in [-0.4, -0.2) is 96.7 Å². The van der Waals surface area contributed by atoms with Gasteiger partial charge in [0.15, 0.2) is 12.2 Å². The number of phosphoric ester groups is 2. The summed E-state index contributed by atoms with van der Waals surface area (Å²) in [5.74, 6) is -0.478. The topological polar surface area (TPSA) is 237 Å². The van der Waals surface area contributed by atoms with E-state index in [9.17, 15) is 43.2 Å². The standard InChI is InChI=1S/C94H184O17P2/c1-7-10-12-14-16-18-20-22-24-26-28-29-30-35-38-42-46-52-58-64-70-76-91(96)104-82-89(110-93(98)78-73-67-61-54-48-44-40-36-32-31-33-37-41-45-51-57-63-69-75-87(6)9-3)84-108-112(100,101)106-80-88(95)81-107-113(102,103)109-85-90(83-105-92(97)77-71-65-59-55-49-50-56-62-68-74-86(4)5)111-94(99)79-72-66-60-53-47-43-39-34-27-25-23-21-19-17-15-13-11-8-2/h86-90,95H,7-85H2,1-6H3,(H,100,101)(H,102,103)/t87?,88-,89-,90-/m1/s1. The molecule has 0 spiro atoms. The molecule has 0 aromatic carbocycles. The maximum absolute atomic E-state index is 13.2. The van der Waals surface area contributed by atoms with E-state index in [1.165, 1.54) is 327 Å². The summed E-state index contributed by atoms with van der Waals surface area (Å²) < 4.78 is 69.2. The Kier molecular flexibility index (Phi) is 83.6. The lowest BCUT2D eigenvalue weighted by Crippen LogP contribution is -2.30. The first-order valence-corrected chi connectivity index (χ1v) is 51.5. The van der Waals surface area contributed by atoms with Crippen molar-refractivity contribution in [3.63, 3.8) is 0 Å². The third-order valence-electron chi connectivity index (χ3n) is 22.6. The number of esters is 4. The Bertz CT molecular complexity index is 2150. The van der Waals surface area contributed by atoms with Crippen LogP contribution in [0.4, 0.5) is 0 Å². The van der Waals surface area contributed by atoms with Gasteiger partial charge in [0.2, 0.25) is 0 Å². The van der Waals surface area contributed by atoms with Crippen molar-refractivity contribution in [1.29, 1.82) is 0 Å². The molecule has 0 aliphatic heterocycles. The van der Waals surface area contributed by atoms with Crippen LogP contribution in [0.25, 0.3) is 0 Å². The van der Waals surface area contributed by atoms with Crippen LogP contribution in [0.5, 0.6) is 0 Å². The lowest BCUT2D eigenvalue weighted by Gasteiger charge is -2.21. The lowest BCUT2D eigenvalue weighted by molar-refractivity contribution is -0.161. The summed E-state index contributed by atoms with van der Waals surface area (Å²) in [5, 5.41) is 10.7. The summed E-state index contributed by atoms with van der Waals surface area (Å²) in [5.41, 5.74) is 0. The fraction of sp³-hybridized carbons (Fsp3) is 0.957. The van der Waals surface area contributed by atoms with Crippen LogP contribution in [0.15, 0.2) is 0 Å². The average Bonchev–Trinajstić information content (AvgIpc) is 0.899. The van der Waals surface area contributed by atoms with Gasteiger partial charge in [-0.2, -0.15) is 0 Å². The van der Waals surface area contributed by atoms with Crippen molar-refractivity contribution >= 4 is 39.5 Å². The van der Waals surface area contributed by atoms with Gasteiger partial charge in [0, 0.05) is 25.7 Å². The third-order valence-corrected chi connectivity index (χ3v) is 24.5. The molecule has 0 fully saturated rings. The van der Waals surface area contributed by atoms with Crippen LogP contribution in [0.3, 0.4) is 0 Å². The van der Waals surface area contributed by atoms with E-state index in [2.05, 4.69) is 41.5 Å². The Hall–Kier alpha value is -1.94. The third kappa shape index (κ3) is 86.3. The minimum atomic E-state index is -4.97. The number of carbonyl (C=O) groups excluding carboxylic acids is 4. The maximum atomic E-state index is 13.2. The fourth-order valence-electron chi connectivity index (χ4n) is 14.8. The quantitative estimate of drug-likeness (QED) is 0.0222. The second-order valence-electron chi connectivity index (χ2n) is 34.5. The number of unbranched alkanes of at least 4 members (excludes halogenated alkanes) is 62. The summed E-state index contributed by atoms with van der Waals surface area (Å²) in [6.07, 6.45) is 80.7.